The average molecular weight is 514 g/mol. The summed E-state index contributed by atoms with van der Waals surface area (Å²) in [5, 5.41) is 0.309. The molecule has 9 nitrogen and oxygen atoms in total. The minimum absolute atomic E-state index is 0.0251. The largest absolute Gasteiger partial charge is 0.497 e. The monoisotopic (exact) mass is 513 g/mol. The van der Waals surface area contributed by atoms with Gasteiger partial charge in [0.05, 0.1) is 38.5 Å². The Kier molecular flexibility index (Phi) is 7.17. The Morgan fingerprint density at radius 1 is 0.943 bits per heavy atom. The molecule has 0 N–H and O–H groups in total. The zero-order chi connectivity index (χ0) is 25.0. The van der Waals surface area contributed by atoms with E-state index in [-0.39, 0.29) is 11.4 Å². The number of amides is 1. The average Bonchev–Trinajstić information content (AvgIpc) is 3.32. The molecule has 1 amide bonds. The standard InChI is InChI=1S/C24H23N3O6S2/c1-31-17-7-9-18(10-8-17)35(29,30)15-21(28)27(14-16-6-4-5-13-25-16)24-26-22-19(32-2)11-12-20(33-3)23(22)34-24/h4-13H,14-15H2,1-3H3. The van der Waals surface area contributed by atoms with Crippen LogP contribution in [0.4, 0.5) is 5.13 Å². The van der Waals surface area contributed by atoms with Crippen LogP contribution in [0, 0.1) is 0 Å². The van der Waals surface area contributed by atoms with Crippen molar-refractivity contribution < 1.29 is 27.4 Å². The molecule has 0 aliphatic carbocycles. The van der Waals surface area contributed by atoms with Crippen LogP contribution in [0.15, 0.2) is 65.7 Å². The molecular formula is C24H23N3O6S2. The number of benzene rings is 2. The molecule has 0 spiro atoms. The molecule has 4 aromatic rings. The number of thiazole rings is 1. The lowest BCUT2D eigenvalue weighted by Gasteiger charge is -2.19. The van der Waals surface area contributed by atoms with Crippen LogP contribution >= 0.6 is 11.3 Å². The quantitative estimate of drug-likeness (QED) is 0.333. The predicted octanol–water partition coefficient (Wildman–Crippen LogP) is 3.72. The molecule has 182 valence electrons. The normalized spacial score (nSPS) is 11.3. The molecule has 0 saturated heterocycles. The first-order valence-corrected chi connectivity index (χ1v) is 12.9. The highest BCUT2D eigenvalue weighted by Gasteiger charge is 2.28. The number of fused-ring (bicyclic) bond motifs is 1. The number of ether oxygens (including phenoxy) is 3. The second-order valence-electron chi connectivity index (χ2n) is 7.38. The Morgan fingerprint density at radius 2 is 1.66 bits per heavy atom. The lowest BCUT2D eigenvalue weighted by Crippen LogP contribution is -2.35. The third-order valence-corrected chi connectivity index (χ3v) is 7.92. The summed E-state index contributed by atoms with van der Waals surface area (Å²) in [6, 6.07) is 14.7. The summed E-state index contributed by atoms with van der Waals surface area (Å²) < 4.78 is 42.7. The van der Waals surface area contributed by atoms with Gasteiger partial charge in [0.2, 0.25) is 5.91 Å². The second-order valence-corrected chi connectivity index (χ2v) is 10.3. The summed E-state index contributed by atoms with van der Waals surface area (Å²) in [5.41, 5.74) is 1.10. The molecule has 2 heterocycles. The number of hydrogen-bond acceptors (Lipinski definition) is 9. The van der Waals surface area contributed by atoms with Crippen LogP contribution in [0.2, 0.25) is 0 Å². The fourth-order valence-electron chi connectivity index (χ4n) is 3.41. The third kappa shape index (κ3) is 5.20. The molecule has 0 radical (unpaired) electrons. The number of hydrogen-bond donors (Lipinski definition) is 0. The summed E-state index contributed by atoms with van der Waals surface area (Å²) in [6.07, 6.45) is 1.61. The summed E-state index contributed by atoms with van der Waals surface area (Å²) in [7, 11) is 0.632. The number of anilines is 1. The van der Waals surface area contributed by atoms with Gasteiger partial charge < -0.3 is 14.2 Å². The van der Waals surface area contributed by atoms with Crippen LogP contribution in [-0.4, -0.2) is 51.4 Å². The Labute approximate surface area is 206 Å². The van der Waals surface area contributed by atoms with Gasteiger partial charge >= 0.3 is 0 Å². The van der Waals surface area contributed by atoms with Gasteiger partial charge in [0.1, 0.15) is 33.2 Å². The van der Waals surface area contributed by atoms with Crippen LogP contribution in [0.25, 0.3) is 10.2 Å². The highest BCUT2D eigenvalue weighted by atomic mass is 32.2. The third-order valence-electron chi connectivity index (χ3n) is 5.21. The van der Waals surface area contributed by atoms with Gasteiger partial charge in [0.15, 0.2) is 15.0 Å². The fourth-order valence-corrected chi connectivity index (χ4v) is 5.70. The summed E-state index contributed by atoms with van der Waals surface area (Å²) in [5.74, 6) is 0.226. The van der Waals surface area contributed by atoms with Crippen molar-refractivity contribution >= 4 is 42.4 Å². The second kappa shape index (κ2) is 10.3. The van der Waals surface area contributed by atoms with Crippen LogP contribution in [0.3, 0.4) is 0 Å². The van der Waals surface area contributed by atoms with Crippen molar-refractivity contribution in [3.8, 4) is 17.2 Å². The first-order valence-electron chi connectivity index (χ1n) is 10.4. The number of rotatable bonds is 9. The maximum absolute atomic E-state index is 13.4. The predicted molar refractivity (Wildman–Crippen MR) is 133 cm³/mol. The number of aromatic nitrogens is 2. The molecule has 0 fully saturated rings. The molecule has 0 unspecified atom stereocenters. The number of methoxy groups -OCH3 is 3. The lowest BCUT2D eigenvalue weighted by atomic mass is 10.3. The highest BCUT2D eigenvalue weighted by Crippen LogP contribution is 2.40. The van der Waals surface area contributed by atoms with E-state index in [0.29, 0.717) is 38.3 Å². The van der Waals surface area contributed by atoms with Gasteiger partial charge in [-0.3, -0.25) is 14.7 Å². The number of carbonyl (C=O) groups excluding carboxylic acids is 1. The van der Waals surface area contributed by atoms with E-state index < -0.39 is 21.5 Å². The first kappa shape index (κ1) is 24.4. The van der Waals surface area contributed by atoms with Crippen LogP contribution in [0.5, 0.6) is 17.2 Å². The van der Waals surface area contributed by atoms with Crippen LogP contribution < -0.4 is 19.1 Å². The molecule has 11 heteroatoms. The molecule has 4 rings (SSSR count). The minimum Gasteiger partial charge on any atom is -0.497 e. The molecule has 0 bridgehead atoms. The zero-order valence-corrected chi connectivity index (χ0v) is 20.9. The lowest BCUT2D eigenvalue weighted by molar-refractivity contribution is -0.116. The van der Waals surface area contributed by atoms with Gasteiger partial charge in [-0.15, -0.1) is 0 Å². The smallest absolute Gasteiger partial charge is 0.244 e. The maximum atomic E-state index is 13.4. The fraction of sp³-hybridized carbons (Fsp3) is 0.208. The SMILES string of the molecule is COc1ccc(S(=O)(=O)CC(=O)N(Cc2ccccn2)c2nc3c(OC)ccc(OC)c3s2)cc1. The van der Waals surface area contributed by atoms with E-state index in [9.17, 15) is 13.2 Å². The number of pyridine rings is 1. The summed E-state index contributed by atoms with van der Waals surface area (Å²) in [4.78, 5) is 23.7. The molecular weight excluding hydrogens is 490 g/mol. The van der Waals surface area contributed by atoms with Gasteiger partial charge in [0.25, 0.3) is 0 Å². The van der Waals surface area contributed by atoms with E-state index in [1.54, 1.807) is 43.6 Å². The topological polar surface area (TPSA) is 108 Å². The molecule has 35 heavy (non-hydrogen) atoms. The van der Waals surface area contributed by atoms with Crippen molar-refractivity contribution in [2.24, 2.45) is 0 Å². The Bertz CT molecular complexity index is 1400. The van der Waals surface area contributed by atoms with E-state index >= 15 is 0 Å². The highest BCUT2D eigenvalue weighted by molar-refractivity contribution is 7.92. The van der Waals surface area contributed by atoms with E-state index in [4.69, 9.17) is 14.2 Å². The van der Waals surface area contributed by atoms with Crippen molar-refractivity contribution in [1.82, 2.24) is 9.97 Å². The molecule has 0 aliphatic heterocycles. The molecule has 2 aromatic carbocycles. The van der Waals surface area contributed by atoms with Crippen LogP contribution in [0.1, 0.15) is 5.69 Å². The van der Waals surface area contributed by atoms with Gasteiger partial charge in [0, 0.05) is 6.20 Å². The Balaban J connectivity index is 1.73. The molecule has 0 aliphatic rings. The summed E-state index contributed by atoms with van der Waals surface area (Å²) in [6.45, 7) is 0.0439. The van der Waals surface area contributed by atoms with E-state index in [1.165, 1.54) is 54.7 Å². The maximum Gasteiger partial charge on any atom is 0.244 e. The van der Waals surface area contributed by atoms with Crippen molar-refractivity contribution in [3.63, 3.8) is 0 Å². The van der Waals surface area contributed by atoms with E-state index in [2.05, 4.69) is 9.97 Å². The van der Waals surface area contributed by atoms with Crippen LogP contribution in [-0.2, 0) is 21.2 Å². The molecule has 0 saturated carbocycles. The van der Waals surface area contributed by atoms with Gasteiger partial charge in [-0.25, -0.2) is 13.4 Å². The van der Waals surface area contributed by atoms with Gasteiger partial charge in [-0.2, -0.15) is 0 Å². The molecule has 2 aromatic heterocycles. The Hall–Kier alpha value is -3.70. The van der Waals surface area contributed by atoms with Gasteiger partial charge in [-0.1, -0.05) is 17.4 Å². The Morgan fingerprint density at radius 3 is 2.29 bits per heavy atom. The van der Waals surface area contributed by atoms with Gasteiger partial charge in [-0.05, 0) is 48.5 Å². The minimum atomic E-state index is -3.93. The summed E-state index contributed by atoms with van der Waals surface area (Å²) >= 11 is 1.21. The van der Waals surface area contributed by atoms with Crippen molar-refractivity contribution in [2.75, 3.05) is 32.0 Å². The van der Waals surface area contributed by atoms with Crippen molar-refractivity contribution in [1.29, 1.82) is 0 Å². The van der Waals surface area contributed by atoms with Crippen molar-refractivity contribution in [2.45, 2.75) is 11.4 Å². The number of carbonyl (C=O) groups is 1. The van der Waals surface area contributed by atoms with Crippen molar-refractivity contribution in [3.05, 3.63) is 66.5 Å². The molecule has 0 atom stereocenters. The number of nitrogens with zero attached hydrogens (tertiary/aromatic N) is 3. The van der Waals surface area contributed by atoms with E-state index in [1.807, 2.05) is 0 Å². The number of sulfone groups is 1. The van der Waals surface area contributed by atoms with E-state index in [0.717, 1.165) is 0 Å². The first-order chi connectivity index (χ1) is 16.9. The zero-order valence-electron chi connectivity index (χ0n) is 19.3.